The number of fused-ring (bicyclic) bond motifs is 3. The van der Waals surface area contributed by atoms with E-state index in [0.717, 1.165) is 53.8 Å². The lowest BCUT2D eigenvalue weighted by Crippen LogP contribution is -2.25. The van der Waals surface area contributed by atoms with Crippen molar-refractivity contribution in [1.29, 1.82) is 0 Å². The Morgan fingerprint density at radius 3 is 1.95 bits per heavy atom. The smallest absolute Gasteiger partial charge is 0.161 e. The van der Waals surface area contributed by atoms with Gasteiger partial charge < -0.3 is 23.7 Å². The van der Waals surface area contributed by atoms with Gasteiger partial charge in [-0.1, -0.05) is 66.7 Å². The first kappa shape index (κ1) is 25.3. The van der Waals surface area contributed by atoms with Gasteiger partial charge in [0.05, 0.1) is 20.8 Å². The fourth-order valence-electron chi connectivity index (χ4n) is 6.05. The topological polar surface area (TPSA) is 46.2 Å². The van der Waals surface area contributed by atoms with Gasteiger partial charge in [0.1, 0.15) is 13.2 Å². The molecule has 39 heavy (non-hydrogen) atoms. The highest BCUT2D eigenvalue weighted by Crippen LogP contribution is 2.55. The SMILES string of the molecule is COc1cc([C@@H]2c3cc(OCc4ccccc4)c(OC)cc3[C@H]3CCOC[C@@H]23)ccc1OCc1ccccc1. The summed E-state index contributed by atoms with van der Waals surface area (Å²) in [4.78, 5) is 0. The van der Waals surface area contributed by atoms with Crippen molar-refractivity contribution in [3.05, 3.63) is 119 Å². The van der Waals surface area contributed by atoms with E-state index in [2.05, 4.69) is 48.5 Å². The maximum atomic E-state index is 6.31. The molecule has 1 aliphatic heterocycles. The summed E-state index contributed by atoms with van der Waals surface area (Å²) in [6.07, 6.45) is 0.997. The van der Waals surface area contributed by atoms with E-state index in [4.69, 9.17) is 23.7 Å². The van der Waals surface area contributed by atoms with Crippen molar-refractivity contribution in [2.45, 2.75) is 31.5 Å². The summed E-state index contributed by atoms with van der Waals surface area (Å²) >= 11 is 0. The largest absolute Gasteiger partial charge is 0.493 e. The Hall–Kier alpha value is -3.96. The zero-order valence-electron chi connectivity index (χ0n) is 22.5. The van der Waals surface area contributed by atoms with Crippen molar-refractivity contribution in [2.24, 2.45) is 5.92 Å². The maximum absolute atomic E-state index is 6.31. The van der Waals surface area contributed by atoms with Crippen LogP contribution in [0.15, 0.2) is 91.0 Å². The number of benzene rings is 4. The minimum atomic E-state index is 0.160. The lowest BCUT2D eigenvalue weighted by molar-refractivity contribution is 0.0412. The lowest BCUT2D eigenvalue weighted by atomic mass is 9.81. The first-order chi connectivity index (χ1) is 19.2. The molecule has 0 saturated carbocycles. The molecule has 5 heteroatoms. The number of hydrogen-bond acceptors (Lipinski definition) is 5. The molecule has 2 aliphatic rings. The fraction of sp³-hybridized carbons (Fsp3) is 0.294. The number of rotatable bonds is 9. The van der Waals surface area contributed by atoms with E-state index in [1.165, 1.54) is 16.7 Å². The van der Waals surface area contributed by atoms with E-state index in [1.807, 2.05) is 42.5 Å². The predicted molar refractivity (Wildman–Crippen MR) is 151 cm³/mol. The molecule has 1 heterocycles. The van der Waals surface area contributed by atoms with Gasteiger partial charge >= 0.3 is 0 Å². The molecule has 0 N–H and O–H groups in total. The molecular formula is C34H34O5. The Balaban J connectivity index is 1.33. The maximum Gasteiger partial charge on any atom is 0.161 e. The molecule has 0 unspecified atom stereocenters. The summed E-state index contributed by atoms with van der Waals surface area (Å²) in [6.45, 7) is 2.47. The van der Waals surface area contributed by atoms with Gasteiger partial charge in [0.25, 0.3) is 0 Å². The Kier molecular flexibility index (Phi) is 7.42. The van der Waals surface area contributed by atoms with Crippen LogP contribution in [0.25, 0.3) is 0 Å². The van der Waals surface area contributed by atoms with Crippen molar-refractivity contribution in [1.82, 2.24) is 0 Å². The molecule has 1 aliphatic carbocycles. The minimum Gasteiger partial charge on any atom is -0.493 e. The van der Waals surface area contributed by atoms with Crippen LogP contribution in [0, 0.1) is 5.92 Å². The van der Waals surface area contributed by atoms with Gasteiger partial charge in [-0.2, -0.15) is 0 Å². The molecular weight excluding hydrogens is 488 g/mol. The zero-order chi connectivity index (χ0) is 26.6. The second kappa shape index (κ2) is 11.4. The Labute approximate surface area is 230 Å². The van der Waals surface area contributed by atoms with Crippen LogP contribution >= 0.6 is 0 Å². The second-order valence-electron chi connectivity index (χ2n) is 10.2. The molecule has 0 radical (unpaired) electrons. The molecule has 4 aromatic carbocycles. The van der Waals surface area contributed by atoms with Crippen molar-refractivity contribution in [3.63, 3.8) is 0 Å². The van der Waals surface area contributed by atoms with Gasteiger partial charge in [0.2, 0.25) is 0 Å². The number of methoxy groups -OCH3 is 2. The van der Waals surface area contributed by atoms with Crippen LogP contribution in [0.3, 0.4) is 0 Å². The Bertz CT molecular complexity index is 1400. The first-order valence-corrected chi connectivity index (χ1v) is 13.6. The summed E-state index contributed by atoms with van der Waals surface area (Å²) in [7, 11) is 3.41. The highest BCUT2D eigenvalue weighted by molar-refractivity contribution is 5.57. The van der Waals surface area contributed by atoms with E-state index < -0.39 is 0 Å². The van der Waals surface area contributed by atoms with Gasteiger partial charge in [-0.25, -0.2) is 0 Å². The Morgan fingerprint density at radius 2 is 1.28 bits per heavy atom. The summed E-state index contributed by atoms with van der Waals surface area (Å²) < 4.78 is 30.1. The van der Waals surface area contributed by atoms with E-state index in [0.29, 0.717) is 25.0 Å². The third kappa shape index (κ3) is 5.19. The molecule has 200 valence electrons. The average Bonchev–Trinajstić information content (AvgIpc) is 3.32. The molecule has 0 aromatic heterocycles. The normalized spacial score (nSPS) is 19.6. The molecule has 5 nitrogen and oxygen atoms in total. The standard InChI is InChI=1S/C34H34O5/c1-35-31-17-25(13-14-30(31)38-20-23-9-5-3-6-10-23)34-28-19-33(39-21-24-11-7-4-8-12-24)32(36-2)18-27(28)26-15-16-37-22-29(26)34/h3-14,17-19,26,29,34H,15-16,20-22H2,1-2H3/t26-,29-,34-/m1/s1. The molecule has 0 amide bonds. The van der Waals surface area contributed by atoms with E-state index in [-0.39, 0.29) is 5.92 Å². The van der Waals surface area contributed by atoms with Crippen LogP contribution in [-0.2, 0) is 18.0 Å². The van der Waals surface area contributed by atoms with Crippen LogP contribution in [0.1, 0.15) is 46.1 Å². The van der Waals surface area contributed by atoms with Crippen LogP contribution in [0.2, 0.25) is 0 Å². The molecule has 0 bridgehead atoms. The third-order valence-electron chi connectivity index (χ3n) is 7.95. The van der Waals surface area contributed by atoms with Crippen LogP contribution in [-0.4, -0.2) is 27.4 Å². The van der Waals surface area contributed by atoms with Crippen molar-refractivity contribution >= 4 is 0 Å². The highest BCUT2D eigenvalue weighted by atomic mass is 16.5. The van der Waals surface area contributed by atoms with Crippen LogP contribution in [0.4, 0.5) is 0 Å². The van der Waals surface area contributed by atoms with Gasteiger partial charge in [0, 0.05) is 18.4 Å². The van der Waals surface area contributed by atoms with Crippen molar-refractivity contribution < 1.29 is 23.7 Å². The number of ether oxygens (including phenoxy) is 5. The van der Waals surface area contributed by atoms with Gasteiger partial charge in [-0.05, 0) is 64.4 Å². The summed E-state index contributed by atoms with van der Waals surface area (Å²) in [5, 5.41) is 0. The van der Waals surface area contributed by atoms with Crippen molar-refractivity contribution in [2.75, 3.05) is 27.4 Å². The summed E-state index contributed by atoms with van der Waals surface area (Å²) in [6, 6.07) is 31.1. The van der Waals surface area contributed by atoms with E-state index in [9.17, 15) is 0 Å². The van der Waals surface area contributed by atoms with Crippen LogP contribution < -0.4 is 18.9 Å². The zero-order valence-corrected chi connectivity index (χ0v) is 22.5. The van der Waals surface area contributed by atoms with Gasteiger partial charge in [-0.15, -0.1) is 0 Å². The van der Waals surface area contributed by atoms with E-state index >= 15 is 0 Å². The monoisotopic (exact) mass is 522 g/mol. The third-order valence-corrected chi connectivity index (χ3v) is 7.95. The molecule has 0 spiro atoms. The quantitative estimate of drug-likeness (QED) is 0.234. The molecule has 3 atom stereocenters. The van der Waals surface area contributed by atoms with E-state index in [1.54, 1.807) is 14.2 Å². The van der Waals surface area contributed by atoms with Crippen LogP contribution in [0.5, 0.6) is 23.0 Å². The number of hydrogen-bond donors (Lipinski definition) is 0. The predicted octanol–water partition coefficient (Wildman–Crippen LogP) is 7.13. The lowest BCUT2D eigenvalue weighted by Gasteiger charge is -2.30. The minimum absolute atomic E-state index is 0.160. The van der Waals surface area contributed by atoms with Gasteiger partial charge in [-0.3, -0.25) is 0 Å². The summed E-state index contributed by atoms with van der Waals surface area (Å²) in [5.41, 5.74) is 6.04. The molecule has 1 fully saturated rings. The molecule has 1 saturated heterocycles. The fourth-order valence-corrected chi connectivity index (χ4v) is 6.05. The van der Waals surface area contributed by atoms with Gasteiger partial charge in [0.15, 0.2) is 23.0 Å². The highest BCUT2D eigenvalue weighted by Gasteiger charge is 2.44. The second-order valence-corrected chi connectivity index (χ2v) is 10.2. The molecule has 4 aromatic rings. The Morgan fingerprint density at radius 1 is 0.667 bits per heavy atom. The average molecular weight is 523 g/mol. The van der Waals surface area contributed by atoms with Crippen molar-refractivity contribution in [3.8, 4) is 23.0 Å². The first-order valence-electron chi connectivity index (χ1n) is 13.6. The summed E-state index contributed by atoms with van der Waals surface area (Å²) in [5.74, 6) is 3.92. The molecule has 6 rings (SSSR count).